The molecule has 0 bridgehead atoms. The number of anilines is 1. The molecule has 0 saturated carbocycles. The highest BCUT2D eigenvalue weighted by molar-refractivity contribution is 5.98. The number of unbranched alkanes of at least 4 members (excludes halogenated alkanes) is 1. The molecule has 1 saturated heterocycles. The molecule has 1 aliphatic rings. The van der Waals surface area contributed by atoms with Crippen LogP contribution in [-0.2, 0) is 14.4 Å². The van der Waals surface area contributed by atoms with Gasteiger partial charge in [-0.1, -0.05) is 19.8 Å². The van der Waals surface area contributed by atoms with Crippen LogP contribution < -0.4 is 10.8 Å². The number of nitrogens with one attached hydrogen (secondary N) is 2. The van der Waals surface area contributed by atoms with Gasteiger partial charge in [0.25, 0.3) is 5.91 Å². The summed E-state index contributed by atoms with van der Waals surface area (Å²) in [7, 11) is 0. The second kappa shape index (κ2) is 10.3. The van der Waals surface area contributed by atoms with Crippen molar-refractivity contribution in [2.24, 2.45) is 5.92 Å². The van der Waals surface area contributed by atoms with Crippen molar-refractivity contribution in [3.8, 4) is 0 Å². The maximum Gasteiger partial charge on any atom is 0.272 e. The average Bonchev–Trinajstić information content (AvgIpc) is 3.20. The van der Waals surface area contributed by atoms with Crippen molar-refractivity contribution in [1.29, 1.82) is 0 Å². The van der Waals surface area contributed by atoms with Gasteiger partial charge in [0.05, 0.1) is 5.92 Å². The zero-order valence-electron chi connectivity index (χ0n) is 16.0. The summed E-state index contributed by atoms with van der Waals surface area (Å²) in [4.78, 5) is 38.5. The average molecular weight is 413 g/mol. The molecule has 2 rings (SSSR count). The fraction of sp³-hybridized carbons (Fsp3) is 0.526. The Morgan fingerprint density at radius 2 is 2.00 bits per heavy atom. The molecule has 3 atom stereocenters. The summed E-state index contributed by atoms with van der Waals surface area (Å²) >= 11 is 0. The van der Waals surface area contributed by atoms with Crippen LogP contribution in [0.25, 0.3) is 0 Å². The molecular weight excluding hydrogens is 388 g/mol. The molecule has 0 aliphatic carbocycles. The predicted molar refractivity (Wildman–Crippen MR) is 98.7 cm³/mol. The highest BCUT2D eigenvalue weighted by Crippen LogP contribution is 2.25. The van der Waals surface area contributed by atoms with E-state index in [1.54, 1.807) is 0 Å². The molecule has 1 heterocycles. The second-order valence-electron chi connectivity index (χ2n) is 6.98. The number of aliphatic hydroxyl groups excluding tert-OH is 1. The Morgan fingerprint density at radius 3 is 2.62 bits per heavy atom. The number of halogens is 2. The monoisotopic (exact) mass is 413 g/mol. The van der Waals surface area contributed by atoms with Crippen molar-refractivity contribution in [3.05, 3.63) is 29.8 Å². The smallest absolute Gasteiger partial charge is 0.272 e. The Morgan fingerprint density at radius 1 is 1.28 bits per heavy atom. The van der Waals surface area contributed by atoms with E-state index in [0.29, 0.717) is 19.3 Å². The molecular formula is C19H25F2N3O5. The topological polar surface area (TPSA) is 119 Å². The molecule has 10 heteroatoms. The van der Waals surface area contributed by atoms with Gasteiger partial charge in [-0.05, 0) is 31.4 Å². The van der Waals surface area contributed by atoms with Gasteiger partial charge >= 0.3 is 0 Å². The van der Waals surface area contributed by atoms with Crippen molar-refractivity contribution in [3.63, 3.8) is 0 Å². The predicted octanol–water partition coefficient (Wildman–Crippen LogP) is 1.57. The van der Waals surface area contributed by atoms with Gasteiger partial charge in [-0.25, -0.2) is 14.3 Å². The van der Waals surface area contributed by atoms with Crippen LogP contribution in [0.3, 0.4) is 0 Å². The summed E-state index contributed by atoms with van der Waals surface area (Å²) in [5.41, 5.74) is 1.39. The molecule has 1 unspecified atom stereocenters. The SMILES string of the molecule is CCCCC(C(=O)N1CCC[C@H]1C(=O)Nc1ccc(F)c(F)c1)[C@H](O)C(=O)NO. The first-order valence-corrected chi connectivity index (χ1v) is 9.48. The van der Waals surface area contributed by atoms with Gasteiger partial charge in [-0.2, -0.15) is 0 Å². The van der Waals surface area contributed by atoms with Crippen molar-refractivity contribution in [2.45, 2.75) is 51.2 Å². The first kappa shape index (κ1) is 22.7. The maximum atomic E-state index is 13.4. The molecule has 1 fully saturated rings. The number of hydroxylamine groups is 1. The third-order valence-corrected chi connectivity index (χ3v) is 4.97. The van der Waals surface area contributed by atoms with Crippen molar-refractivity contribution in [2.75, 3.05) is 11.9 Å². The Bertz CT molecular complexity index is 761. The number of nitrogens with zero attached hydrogens (tertiary/aromatic N) is 1. The molecule has 8 nitrogen and oxygen atoms in total. The van der Waals surface area contributed by atoms with Gasteiger partial charge in [-0.3, -0.25) is 19.6 Å². The lowest BCUT2D eigenvalue weighted by atomic mass is 9.93. The number of hydrogen-bond donors (Lipinski definition) is 4. The lowest BCUT2D eigenvalue weighted by Crippen LogP contribution is -2.50. The summed E-state index contributed by atoms with van der Waals surface area (Å²) in [6.07, 6.45) is 0.615. The molecule has 29 heavy (non-hydrogen) atoms. The summed E-state index contributed by atoms with van der Waals surface area (Å²) in [6, 6.07) is 2.06. The molecule has 0 radical (unpaired) electrons. The zero-order valence-corrected chi connectivity index (χ0v) is 16.0. The molecule has 160 valence electrons. The van der Waals surface area contributed by atoms with Crippen LogP contribution >= 0.6 is 0 Å². The molecule has 0 aromatic heterocycles. The highest BCUT2D eigenvalue weighted by atomic mass is 19.2. The third-order valence-electron chi connectivity index (χ3n) is 4.97. The molecule has 4 N–H and O–H groups in total. The van der Waals surface area contributed by atoms with Crippen LogP contribution in [-0.4, -0.2) is 51.6 Å². The van der Waals surface area contributed by atoms with Crippen molar-refractivity contribution in [1.82, 2.24) is 10.4 Å². The molecule has 1 aromatic carbocycles. The summed E-state index contributed by atoms with van der Waals surface area (Å²) in [5.74, 6) is -5.51. The zero-order chi connectivity index (χ0) is 21.6. The summed E-state index contributed by atoms with van der Waals surface area (Å²) in [5, 5.41) is 21.4. The van der Waals surface area contributed by atoms with Gasteiger partial charge in [0.2, 0.25) is 11.8 Å². The van der Waals surface area contributed by atoms with Crippen LogP contribution in [0.1, 0.15) is 39.0 Å². The first-order chi connectivity index (χ1) is 13.8. The van der Waals surface area contributed by atoms with E-state index < -0.39 is 47.4 Å². The Labute approximate surface area is 166 Å². The Kier molecular flexibility index (Phi) is 8.03. The normalized spacial score (nSPS) is 18.2. The van der Waals surface area contributed by atoms with Crippen LogP contribution in [0.4, 0.5) is 14.5 Å². The molecule has 1 aliphatic heterocycles. The summed E-state index contributed by atoms with van der Waals surface area (Å²) in [6.45, 7) is 2.14. The lowest BCUT2D eigenvalue weighted by Gasteiger charge is -2.30. The minimum Gasteiger partial charge on any atom is -0.382 e. The van der Waals surface area contributed by atoms with Crippen LogP contribution in [0.15, 0.2) is 18.2 Å². The van der Waals surface area contributed by atoms with E-state index >= 15 is 0 Å². The molecule has 0 spiro atoms. The van der Waals surface area contributed by atoms with E-state index in [9.17, 15) is 28.3 Å². The van der Waals surface area contributed by atoms with Gasteiger partial charge in [0.1, 0.15) is 12.1 Å². The van der Waals surface area contributed by atoms with E-state index in [0.717, 1.165) is 18.6 Å². The fourth-order valence-electron chi connectivity index (χ4n) is 3.40. The third kappa shape index (κ3) is 5.48. The van der Waals surface area contributed by atoms with E-state index in [1.807, 2.05) is 6.92 Å². The van der Waals surface area contributed by atoms with E-state index in [1.165, 1.54) is 16.4 Å². The van der Waals surface area contributed by atoms with E-state index in [2.05, 4.69) is 5.32 Å². The number of amides is 3. The van der Waals surface area contributed by atoms with Crippen LogP contribution in [0, 0.1) is 17.6 Å². The molecule has 3 amide bonds. The number of likely N-dealkylation sites (tertiary alicyclic amines) is 1. The Balaban J connectivity index is 2.15. The maximum absolute atomic E-state index is 13.4. The van der Waals surface area contributed by atoms with E-state index in [4.69, 9.17) is 5.21 Å². The Hall–Kier alpha value is -2.59. The molecule has 1 aromatic rings. The van der Waals surface area contributed by atoms with Crippen molar-refractivity contribution < 1.29 is 33.5 Å². The summed E-state index contributed by atoms with van der Waals surface area (Å²) < 4.78 is 26.4. The minimum absolute atomic E-state index is 0.0513. The first-order valence-electron chi connectivity index (χ1n) is 9.48. The van der Waals surface area contributed by atoms with Gasteiger partial charge in [0.15, 0.2) is 11.6 Å². The fourth-order valence-corrected chi connectivity index (χ4v) is 3.40. The number of carbonyl (C=O) groups excluding carboxylic acids is 3. The van der Waals surface area contributed by atoms with E-state index in [-0.39, 0.29) is 18.7 Å². The quantitative estimate of drug-likeness (QED) is 0.381. The lowest BCUT2D eigenvalue weighted by molar-refractivity contribution is -0.152. The van der Waals surface area contributed by atoms with Gasteiger partial charge in [0, 0.05) is 18.3 Å². The van der Waals surface area contributed by atoms with Crippen LogP contribution in [0.5, 0.6) is 0 Å². The largest absolute Gasteiger partial charge is 0.382 e. The number of hydrogen-bond acceptors (Lipinski definition) is 5. The van der Waals surface area contributed by atoms with Crippen LogP contribution in [0.2, 0.25) is 0 Å². The highest BCUT2D eigenvalue weighted by Gasteiger charge is 2.41. The number of carbonyl (C=O) groups is 3. The van der Waals surface area contributed by atoms with Gasteiger partial charge < -0.3 is 15.3 Å². The van der Waals surface area contributed by atoms with Crippen molar-refractivity contribution >= 4 is 23.4 Å². The minimum atomic E-state index is -1.76. The number of rotatable bonds is 8. The second-order valence-corrected chi connectivity index (χ2v) is 6.98. The standard InChI is InChI=1S/C19H25F2N3O5/c1-2-3-5-12(16(25)18(27)23-29)19(28)24-9-4-6-15(24)17(26)22-11-7-8-13(20)14(21)10-11/h7-8,10,12,15-16,25,29H,2-6,9H2,1H3,(H,22,26)(H,23,27)/t12?,15-,16-/m0/s1. The van der Waals surface area contributed by atoms with Gasteiger partial charge in [-0.15, -0.1) is 0 Å². The number of aliphatic hydroxyl groups is 1. The number of benzene rings is 1.